The molecule has 0 radical (unpaired) electrons. The summed E-state index contributed by atoms with van der Waals surface area (Å²) in [5.41, 5.74) is 15.6. The largest absolute Gasteiger partial charge is 0.493 e. The molecule has 0 saturated heterocycles. The molecule has 0 bridgehead atoms. The number of carbonyl (C=O) groups excluding carboxylic acids is 1. The highest BCUT2D eigenvalue weighted by molar-refractivity contribution is 7.21. The predicted molar refractivity (Wildman–Crippen MR) is 154 cm³/mol. The van der Waals surface area contributed by atoms with E-state index in [4.69, 9.17) is 25.7 Å². The van der Waals surface area contributed by atoms with E-state index in [9.17, 15) is 10.1 Å². The molecular formula is C27H22N6O4S2. The van der Waals surface area contributed by atoms with Gasteiger partial charge in [-0.1, -0.05) is 30.3 Å². The van der Waals surface area contributed by atoms with Crippen LogP contribution >= 0.6 is 22.7 Å². The first-order valence-corrected chi connectivity index (χ1v) is 13.1. The topological polar surface area (TPSA) is 158 Å². The number of nitrogen functional groups attached to an aromatic ring is 2. The Hall–Kier alpha value is -4.86. The number of carbonyl (C=O) groups is 1. The quantitative estimate of drug-likeness (QED) is 0.238. The third-order valence-electron chi connectivity index (χ3n) is 5.97. The summed E-state index contributed by atoms with van der Waals surface area (Å²) in [6.45, 7) is 0. The normalized spacial score (nSPS) is 10.7. The van der Waals surface area contributed by atoms with Crippen molar-refractivity contribution in [1.29, 1.82) is 5.26 Å². The molecule has 5 N–H and O–H groups in total. The van der Waals surface area contributed by atoms with Crippen LogP contribution in [0.4, 0.5) is 16.6 Å². The van der Waals surface area contributed by atoms with Crippen LogP contribution in [0.5, 0.6) is 17.2 Å². The Morgan fingerprint density at radius 1 is 1.00 bits per heavy atom. The van der Waals surface area contributed by atoms with Gasteiger partial charge in [-0.15, -0.1) is 22.7 Å². The smallest absolute Gasteiger partial charge is 0.269 e. The summed E-state index contributed by atoms with van der Waals surface area (Å²) in [7, 11) is 4.48. The van der Waals surface area contributed by atoms with Crippen molar-refractivity contribution in [1.82, 2.24) is 9.97 Å². The van der Waals surface area contributed by atoms with Gasteiger partial charge in [-0.3, -0.25) is 10.1 Å². The lowest BCUT2D eigenvalue weighted by Gasteiger charge is -2.16. The van der Waals surface area contributed by atoms with E-state index < -0.39 is 5.91 Å². The predicted octanol–water partition coefficient (Wildman–Crippen LogP) is 5.40. The van der Waals surface area contributed by atoms with Crippen molar-refractivity contribution in [3.05, 3.63) is 58.3 Å². The number of nitrogens with one attached hydrogen (secondary N) is 1. The zero-order valence-corrected chi connectivity index (χ0v) is 22.7. The Morgan fingerprint density at radius 2 is 1.69 bits per heavy atom. The molecule has 0 unspecified atom stereocenters. The lowest BCUT2D eigenvalue weighted by molar-refractivity contribution is 0.103. The molecule has 0 aliphatic heterocycles. The van der Waals surface area contributed by atoms with Gasteiger partial charge in [-0.25, -0.2) is 9.97 Å². The molecule has 1 amide bonds. The van der Waals surface area contributed by atoms with Crippen LogP contribution in [0.3, 0.4) is 0 Å². The maximum Gasteiger partial charge on any atom is 0.269 e. The minimum atomic E-state index is -0.447. The minimum absolute atomic E-state index is 0.00869. The average Bonchev–Trinajstić information content (AvgIpc) is 3.55. The number of fused-ring (bicyclic) bond motifs is 1. The minimum Gasteiger partial charge on any atom is -0.493 e. The van der Waals surface area contributed by atoms with E-state index >= 15 is 0 Å². The second kappa shape index (κ2) is 10.5. The molecule has 10 nitrogen and oxygen atoms in total. The molecule has 0 aliphatic rings. The first-order chi connectivity index (χ1) is 18.9. The number of amides is 1. The fourth-order valence-corrected chi connectivity index (χ4v) is 5.91. The van der Waals surface area contributed by atoms with Gasteiger partial charge in [-0.2, -0.15) is 5.26 Å². The summed E-state index contributed by atoms with van der Waals surface area (Å²) >= 11 is 2.38. The number of anilines is 3. The van der Waals surface area contributed by atoms with E-state index in [1.807, 2.05) is 35.7 Å². The van der Waals surface area contributed by atoms with Crippen molar-refractivity contribution in [3.8, 4) is 45.7 Å². The molecule has 5 rings (SSSR count). The molecule has 0 spiro atoms. The molecule has 0 aliphatic carbocycles. The summed E-state index contributed by atoms with van der Waals surface area (Å²) in [5.74, 6) is 0.706. The van der Waals surface area contributed by atoms with Crippen molar-refractivity contribution in [2.75, 3.05) is 38.1 Å². The molecule has 39 heavy (non-hydrogen) atoms. The van der Waals surface area contributed by atoms with Crippen LogP contribution < -0.4 is 31.0 Å². The highest BCUT2D eigenvalue weighted by atomic mass is 32.1. The number of nitrogens with zero attached hydrogens (tertiary/aromatic N) is 3. The highest BCUT2D eigenvalue weighted by Crippen LogP contribution is 2.47. The Labute approximate surface area is 231 Å². The Bertz CT molecular complexity index is 1730. The molecule has 12 heteroatoms. The van der Waals surface area contributed by atoms with Gasteiger partial charge in [0, 0.05) is 21.9 Å². The van der Waals surface area contributed by atoms with Crippen LogP contribution in [-0.4, -0.2) is 37.2 Å². The fraction of sp³-hybridized carbons (Fsp3) is 0.111. The van der Waals surface area contributed by atoms with Crippen LogP contribution in [0.25, 0.3) is 32.6 Å². The second-order valence-corrected chi connectivity index (χ2v) is 10.0. The lowest BCUT2D eigenvalue weighted by Crippen LogP contribution is -2.11. The molecule has 0 atom stereocenters. The first-order valence-electron chi connectivity index (χ1n) is 11.4. The number of rotatable bonds is 7. The SMILES string of the molecule is COc1cc(-c2c(C#N)c(N)nc3sc(C(=O)Nc4nc(-c5ccccc5)cs4)c(N)c23)cc(OC)c1OC. The van der Waals surface area contributed by atoms with Gasteiger partial charge in [0.15, 0.2) is 16.6 Å². The molecule has 0 saturated carbocycles. The first kappa shape index (κ1) is 25.8. The van der Waals surface area contributed by atoms with E-state index in [-0.39, 0.29) is 21.9 Å². The number of nitriles is 1. The van der Waals surface area contributed by atoms with E-state index in [0.29, 0.717) is 43.7 Å². The second-order valence-electron chi connectivity index (χ2n) is 8.16. The molecule has 196 valence electrons. The fourth-order valence-electron chi connectivity index (χ4n) is 4.19. The van der Waals surface area contributed by atoms with Crippen molar-refractivity contribution in [2.45, 2.75) is 0 Å². The monoisotopic (exact) mass is 558 g/mol. The maximum absolute atomic E-state index is 13.3. The van der Waals surface area contributed by atoms with Crippen LogP contribution in [0, 0.1) is 11.3 Å². The van der Waals surface area contributed by atoms with Gasteiger partial charge in [0.25, 0.3) is 5.91 Å². The number of methoxy groups -OCH3 is 3. The van der Waals surface area contributed by atoms with E-state index in [1.165, 1.54) is 32.7 Å². The van der Waals surface area contributed by atoms with Crippen molar-refractivity contribution in [3.63, 3.8) is 0 Å². The van der Waals surface area contributed by atoms with E-state index in [0.717, 1.165) is 22.6 Å². The summed E-state index contributed by atoms with van der Waals surface area (Å²) in [5, 5.41) is 15.5. The van der Waals surface area contributed by atoms with Gasteiger partial charge in [0.1, 0.15) is 27.2 Å². The maximum atomic E-state index is 13.3. The molecule has 5 aromatic rings. The molecule has 2 aromatic carbocycles. The number of pyridine rings is 1. The Kier molecular flexibility index (Phi) is 6.93. The summed E-state index contributed by atoms with van der Waals surface area (Å²) in [4.78, 5) is 22.9. The van der Waals surface area contributed by atoms with Crippen molar-refractivity contribution < 1.29 is 19.0 Å². The van der Waals surface area contributed by atoms with E-state index in [2.05, 4.69) is 21.4 Å². The average molecular weight is 559 g/mol. The van der Waals surface area contributed by atoms with Crippen LogP contribution in [-0.2, 0) is 0 Å². The van der Waals surface area contributed by atoms with Gasteiger partial charge in [0.2, 0.25) is 5.75 Å². The van der Waals surface area contributed by atoms with Crippen molar-refractivity contribution >= 4 is 55.4 Å². The van der Waals surface area contributed by atoms with Gasteiger partial charge in [-0.05, 0) is 17.7 Å². The lowest BCUT2D eigenvalue weighted by atomic mass is 9.96. The van der Waals surface area contributed by atoms with Gasteiger partial charge >= 0.3 is 0 Å². The molecule has 3 heterocycles. The standard InChI is InChI=1S/C27H22N6O4S2/c1-35-17-9-14(10-18(36-2)22(17)37-3)19-15(11-28)24(30)32-26-20(19)21(29)23(39-26)25(34)33-27-31-16(12-38-27)13-7-5-4-6-8-13/h4-10,12H,29H2,1-3H3,(H2,30,32)(H,31,33,34). The van der Waals surface area contributed by atoms with Gasteiger partial charge < -0.3 is 25.7 Å². The van der Waals surface area contributed by atoms with Crippen LogP contribution in [0.1, 0.15) is 15.2 Å². The number of aromatic nitrogens is 2. The number of thiazole rings is 1. The number of thiophene rings is 1. The summed E-state index contributed by atoms with van der Waals surface area (Å²) in [6, 6.07) is 15.2. The van der Waals surface area contributed by atoms with Crippen molar-refractivity contribution in [2.24, 2.45) is 0 Å². The van der Waals surface area contributed by atoms with E-state index in [1.54, 1.807) is 12.1 Å². The number of hydrogen-bond acceptors (Lipinski definition) is 11. The Balaban J connectivity index is 1.62. The number of hydrogen-bond donors (Lipinski definition) is 3. The van der Waals surface area contributed by atoms with Crippen LogP contribution in [0.15, 0.2) is 47.8 Å². The zero-order chi connectivity index (χ0) is 27.7. The van der Waals surface area contributed by atoms with Gasteiger partial charge in [0.05, 0.1) is 32.7 Å². The Morgan fingerprint density at radius 3 is 2.31 bits per heavy atom. The number of ether oxygens (including phenoxy) is 3. The number of benzene rings is 2. The number of nitrogens with two attached hydrogens (primary N) is 2. The third-order valence-corrected chi connectivity index (χ3v) is 7.83. The highest BCUT2D eigenvalue weighted by Gasteiger charge is 2.26. The van der Waals surface area contributed by atoms with Crippen LogP contribution in [0.2, 0.25) is 0 Å². The molecule has 0 fully saturated rings. The molecular weight excluding hydrogens is 536 g/mol. The summed E-state index contributed by atoms with van der Waals surface area (Å²) < 4.78 is 16.4. The zero-order valence-electron chi connectivity index (χ0n) is 21.1. The molecule has 3 aromatic heterocycles. The summed E-state index contributed by atoms with van der Waals surface area (Å²) in [6.07, 6.45) is 0. The third kappa shape index (κ3) is 4.54.